The van der Waals surface area contributed by atoms with E-state index in [1.165, 1.54) is 0 Å². The maximum absolute atomic E-state index is 11.4. The van der Waals surface area contributed by atoms with Crippen molar-refractivity contribution in [3.8, 4) is 0 Å². The number of aromatic nitrogens is 1. The normalized spacial score (nSPS) is 13.4. The van der Waals surface area contributed by atoms with Crippen molar-refractivity contribution in [2.24, 2.45) is 0 Å². The Morgan fingerprint density at radius 1 is 1.23 bits per heavy atom. The summed E-state index contributed by atoms with van der Waals surface area (Å²) >= 11 is 0. The van der Waals surface area contributed by atoms with E-state index in [0.717, 1.165) is 16.3 Å². The van der Waals surface area contributed by atoms with Crippen LogP contribution in [0.1, 0.15) is 10.4 Å². The van der Waals surface area contributed by atoms with Crippen molar-refractivity contribution in [1.82, 2.24) is 4.98 Å². The minimum Gasteiger partial charge on any atom is -0.306 e. The van der Waals surface area contributed by atoms with Gasteiger partial charge in [0.1, 0.15) is 5.82 Å². The fraction of sp³-hybridized carbons (Fsp3) is 0. The van der Waals surface area contributed by atoms with Crippen LogP contribution in [0.2, 0.25) is 0 Å². The highest BCUT2D eigenvalue weighted by Gasteiger charge is 2.21. The highest BCUT2D eigenvalue weighted by atomic mass is 16.1. The lowest BCUT2D eigenvalue weighted by Crippen LogP contribution is -2.04. The number of carbonyl (C=O) groups is 1. The van der Waals surface area contributed by atoms with Crippen LogP contribution < -0.4 is 5.32 Å². The molecule has 1 aromatic carbocycles. The first-order valence-electron chi connectivity index (χ1n) is 4.05. The molecule has 1 aliphatic rings. The van der Waals surface area contributed by atoms with E-state index in [-0.39, 0.29) is 5.91 Å². The van der Waals surface area contributed by atoms with E-state index in [1.54, 1.807) is 6.20 Å². The van der Waals surface area contributed by atoms with Crippen molar-refractivity contribution in [2.45, 2.75) is 0 Å². The average Bonchev–Trinajstić information content (AvgIpc) is 2.47. The molecule has 3 nitrogen and oxygen atoms in total. The minimum atomic E-state index is -0.0562. The van der Waals surface area contributed by atoms with Crippen molar-refractivity contribution < 1.29 is 4.79 Å². The van der Waals surface area contributed by atoms with Gasteiger partial charge >= 0.3 is 0 Å². The molecule has 0 bridgehead atoms. The summed E-state index contributed by atoms with van der Waals surface area (Å²) in [5, 5.41) is 4.72. The number of nitrogens with zero attached hydrogens (tertiary/aromatic N) is 1. The smallest absolute Gasteiger partial charge is 0.257 e. The molecule has 0 saturated heterocycles. The molecule has 0 fully saturated rings. The zero-order chi connectivity index (χ0) is 8.84. The molecule has 1 aliphatic heterocycles. The first kappa shape index (κ1) is 6.60. The summed E-state index contributed by atoms with van der Waals surface area (Å²) in [4.78, 5) is 15.5. The predicted octanol–water partition coefficient (Wildman–Crippen LogP) is 1.80. The number of hydrogen-bond acceptors (Lipinski definition) is 2. The summed E-state index contributed by atoms with van der Waals surface area (Å²) < 4.78 is 0. The molecule has 2 heterocycles. The Bertz CT molecular complexity index is 514. The molecule has 62 valence electrons. The molecule has 0 aliphatic carbocycles. The second kappa shape index (κ2) is 2.07. The lowest BCUT2D eigenvalue weighted by molar-refractivity contribution is 0.103. The van der Waals surface area contributed by atoms with Crippen molar-refractivity contribution >= 4 is 22.5 Å². The van der Waals surface area contributed by atoms with E-state index in [4.69, 9.17) is 0 Å². The van der Waals surface area contributed by atoms with E-state index >= 15 is 0 Å². The average molecular weight is 170 g/mol. The molecule has 2 aromatic rings. The van der Waals surface area contributed by atoms with Crippen LogP contribution in [0.15, 0.2) is 30.5 Å². The molecule has 0 spiro atoms. The maximum Gasteiger partial charge on any atom is 0.257 e. The molecule has 3 heteroatoms. The molecular formula is C10H6N2O. The standard InChI is InChI=1S/C10H6N2O/c13-10-7-3-1-2-6-4-5-11-9(12-10)8(6)7/h1-5H,(H,11,12,13). The van der Waals surface area contributed by atoms with Crippen LogP contribution in [0, 0.1) is 0 Å². The summed E-state index contributed by atoms with van der Waals surface area (Å²) in [6, 6.07) is 7.58. The van der Waals surface area contributed by atoms with Gasteiger partial charge in [-0.2, -0.15) is 0 Å². The highest BCUT2D eigenvalue weighted by molar-refractivity contribution is 6.22. The number of benzene rings is 1. The van der Waals surface area contributed by atoms with Crippen molar-refractivity contribution in [3.05, 3.63) is 36.0 Å². The lowest BCUT2D eigenvalue weighted by Gasteiger charge is -1.96. The Kier molecular flexibility index (Phi) is 1.05. The van der Waals surface area contributed by atoms with Gasteiger partial charge in [0.2, 0.25) is 0 Å². The molecular weight excluding hydrogens is 164 g/mol. The summed E-state index contributed by atoms with van der Waals surface area (Å²) in [6.07, 6.45) is 1.70. The van der Waals surface area contributed by atoms with E-state index in [9.17, 15) is 4.79 Å². The highest BCUT2D eigenvalue weighted by Crippen LogP contribution is 2.30. The second-order valence-corrected chi connectivity index (χ2v) is 3.02. The molecule has 13 heavy (non-hydrogen) atoms. The van der Waals surface area contributed by atoms with Gasteiger partial charge in [0.15, 0.2) is 0 Å². The Morgan fingerprint density at radius 3 is 3.08 bits per heavy atom. The largest absolute Gasteiger partial charge is 0.306 e. The van der Waals surface area contributed by atoms with Gasteiger partial charge in [0, 0.05) is 11.6 Å². The fourth-order valence-corrected chi connectivity index (χ4v) is 1.69. The van der Waals surface area contributed by atoms with Gasteiger partial charge in [-0.15, -0.1) is 0 Å². The quantitative estimate of drug-likeness (QED) is 0.655. The van der Waals surface area contributed by atoms with Gasteiger partial charge < -0.3 is 5.32 Å². The molecule has 0 saturated carbocycles. The fourth-order valence-electron chi connectivity index (χ4n) is 1.69. The Hall–Kier alpha value is -1.90. The molecule has 0 radical (unpaired) electrons. The van der Waals surface area contributed by atoms with Crippen LogP contribution in [-0.4, -0.2) is 10.9 Å². The van der Waals surface area contributed by atoms with E-state index in [0.29, 0.717) is 5.82 Å². The van der Waals surface area contributed by atoms with Crippen molar-refractivity contribution in [2.75, 3.05) is 5.32 Å². The monoisotopic (exact) mass is 170 g/mol. The Morgan fingerprint density at radius 2 is 2.15 bits per heavy atom. The summed E-state index contributed by atoms with van der Waals surface area (Å²) in [6.45, 7) is 0. The van der Waals surface area contributed by atoms with Crippen LogP contribution in [-0.2, 0) is 0 Å². The number of carbonyl (C=O) groups excluding carboxylic acids is 1. The molecule has 1 aromatic heterocycles. The van der Waals surface area contributed by atoms with Crippen molar-refractivity contribution in [1.29, 1.82) is 0 Å². The molecule has 1 amide bonds. The first-order valence-corrected chi connectivity index (χ1v) is 4.05. The SMILES string of the molecule is O=C1Nc2nccc3cccc1c23. The Balaban J connectivity index is 2.58. The third-order valence-electron chi connectivity index (χ3n) is 2.27. The third-order valence-corrected chi connectivity index (χ3v) is 2.27. The van der Waals surface area contributed by atoms with Gasteiger partial charge in [-0.1, -0.05) is 12.1 Å². The maximum atomic E-state index is 11.4. The van der Waals surface area contributed by atoms with Gasteiger partial charge in [-0.25, -0.2) is 4.98 Å². The number of hydrogen-bond donors (Lipinski definition) is 1. The van der Waals surface area contributed by atoms with Crippen LogP contribution >= 0.6 is 0 Å². The number of pyridine rings is 1. The van der Waals surface area contributed by atoms with E-state index in [1.807, 2.05) is 24.3 Å². The summed E-state index contributed by atoms with van der Waals surface area (Å²) in [7, 11) is 0. The van der Waals surface area contributed by atoms with Crippen LogP contribution in [0.3, 0.4) is 0 Å². The van der Waals surface area contributed by atoms with Crippen molar-refractivity contribution in [3.63, 3.8) is 0 Å². The Labute approximate surface area is 74.4 Å². The number of amides is 1. The van der Waals surface area contributed by atoms with Gasteiger partial charge in [-0.05, 0) is 17.5 Å². The number of anilines is 1. The van der Waals surface area contributed by atoms with E-state index in [2.05, 4.69) is 10.3 Å². The lowest BCUT2D eigenvalue weighted by atomic mass is 10.1. The zero-order valence-electron chi connectivity index (χ0n) is 6.74. The van der Waals surface area contributed by atoms with Gasteiger partial charge in [0.25, 0.3) is 5.91 Å². The second-order valence-electron chi connectivity index (χ2n) is 3.02. The van der Waals surface area contributed by atoms with Crippen LogP contribution in [0.5, 0.6) is 0 Å². The van der Waals surface area contributed by atoms with Gasteiger partial charge in [0.05, 0.1) is 5.56 Å². The summed E-state index contributed by atoms with van der Waals surface area (Å²) in [5.41, 5.74) is 0.723. The topological polar surface area (TPSA) is 42.0 Å². The molecule has 0 atom stereocenters. The van der Waals surface area contributed by atoms with E-state index < -0.39 is 0 Å². The third kappa shape index (κ3) is 0.731. The molecule has 1 N–H and O–H groups in total. The zero-order valence-corrected chi connectivity index (χ0v) is 6.74. The molecule has 0 unspecified atom stereocenters. The van der Waals surface area contributed by atoms with Crippen LogP contribution in [0.25, 0.3) is 10.8 Å². The first-order chi connectivity index (χ1) is 6.36. The molecule has 3 rings (SSSR count). The number of rotatable bonds is 0. The minimum absolute atomic E-state index is 0.0562. The number of nitrogens with one attached hydrogen (secondary N) is 1. The van der Waals surface area contributed by atoms with Crippen LogP contribution in [0.4, 0.5) is 5.82 Å². The summed E-state index contributed by atoms with van der Waals surface area (Å²) in [5.74, 6) is 0.623. The predicted molar refractivity (Wildman–Crippen MR) is 49.7 cm³/mol. The van der Waals surface area contributed by atoms with Gasteiger partial charge in [-0.3, -0.25) is 4.79 Å².